The average molecular weight is 297 g/mol. The van der Waals surface area contributed by atoms with Gasteiger partial charge in [-0.2, -0.15) is 5.10 Å². The Labute approximate surface area is 129 Å². The third-order valence-electron chi connectivity index (χ3n) is 4.39. The molecule has 1 unspecified atom stereocenters. The van der Waals surface area contributed by atoms with Crippen LogP contribution >= 0.6 is 0 Å². The van der Waals surface area contributed by atoms with Gasteiger partial charge in [0.05, 0.1) is 12.6 Å². The van der Waals surface area contributed by atoms with E-state index in [0.29, 0.717) is 12.3 Å². The first-order valence-corrected chi connectivity index (χ1v) is 7.90. The number of para-hydroxylation sites is 1. The number of nitrogens with one attached hydrogen (secondary N) is 1. The van der Waals surface area contributed by atoms with Crippen molar-refractivity contribution in [3.63, 3.8) is 0 Å². The molecule has 4 rings (SSSR count). The summed E-state index contributed by atoms with van der Waals surface area (Å²) in [4.78, 5) is 12.5. The number of hydrogen-bond donors (Lipinski definition) is 1. The van der Waals surface area contributed by atoms with Crippen molar-refractivity contribution in [2.24, 2.45) is 0 Å². The summed E-state index contributed by atoms with van der Waals surface area (Å²) in [5, 5.41) is 7.53. The molecule has 0 aliphatic carbocycles. The maximum Gasteiger partial charge on any atom is 0.272 e. The predicted octanol–water partition coefficient (Wildman–Crippen LogP) is 2.47. The number of rotatable bonds is 2. The van der Waals surface area contributed by atoms with Crippen LogP contribution in [0.4, 0.5) is 0 Å². The van der Waals surface area contributed by atoms with Crippen LogP contribution in [0.25, 0.3) is 0 Å². The lowest BCUT2D eigenvalue weighted by Crippen LogP contribution is -2.28. The fourth-order valence-corrected chi connectivity index (χ4v) is 3.28. The highest BCUT2D eigenvalue weighted by atomic mass is 16.5. The fourth-order valence-electron chi connectivity index (χ4n) is 3.28. The van der Waals surface area contributed by atoms with Gasteiger partial charge in [0.25, 0.3) is 5.91 Å². The van der Waals surface area contributed by atoms with Gasteiger partial charge in [0.15, 0.2) is 0 Å². The van der Waals surface area contributed by atoms with Gasteiger partial charge in [-0.05, 0) is 37.8 Å². The molecule has 0 fully saturated rings. The summed E-state index contributed by atoms with van der Waals surface area (Å²) in [7, 11) is 0. The predicted molar refractivity (Wildman–Crippen MR) is 81.9 cm³/mol. The molecule has 2 aliphatic rings. The van der Waals surface area contributed by atoms with E-state index in [0.717, 1.165) is 49.2 Å². The molecule has 2 aliphatic heterocycles. The summed E-state index contributed by atoms with van der Waals surface area (Å²) in [6.07, 6.45) is 3.95. The zero-order valence-electron chi connectivity index (χ0n) is 12.4. The first kappa shape index (κ1) is 13.4. The minimum absolute atomic E-state index is 0.0114. The summed E-state index contributed by atoms with van der Waals surface area (Å²) in [5.74, 6) is 0.779. The summed E-state index contributed by atoms with van der Waals surface area (Å²) in [6, 6.07) is 9.84. The Morgan fingerprint density at radius 3 is 3.14 bits per heavy atom. The summed E-state index contributed by atoms with van der Waals surface area (Å²) in [5.41, 5.74) is 2.74. The molecule has 2 aromatic rings. The highest BCUT2D eigenvalue weighted by molar-refractivity contribution is 5.92. The molecule has 0 radical (unpaired) electrons. The SMILES string of the molecule is O=C(NC1CCCOc2ccccc21)c1cc2n(n1)CCC2. The molecule has 1 atom stereocenters. The Hall–Kier alpha value is -2.30. The topological polar surface area (TPSA) is 56.1 Å². The largest absolute Gasteiger partial charge is 0.493 e. The van der Waals surface area contributed by atoms with Crippen LogP contribution in [0, 0.1) is 0 Å². The van der Waals surface area contributed by atoms with Crippen LogP contribution in [0.3, 0.4) is 0 Å². The molecule has 0 saturated heterocycles. The maximum atomic E-state index is 12.5. The van der Waals surface area contributed by atoms with E-state index < -0.39 is 0 Å². The van der Waals surface area contributed by atoms with Crippen molar-refractivity contribution in [3.8, 4) is 5.75 Å². The second kappa shape index (κ2) is 5.48. The Morgan fingerprint density at radius 2 is 2.23 bits per heavy atom. The first-order chi connectivity index (χ1) is 10.8. The zero-order chi connectivity index (χ0) is 14.9. The minimum atomic E-state index is -0.0939. The molecule has 0 bridgehead atoms. The van der Waals surface area contributed by atoms with Gasteiger partial charge in [0.1, 0.15) is 11.4 Å². The van der Waals surface area contributed by atoms with Crippen LogP contribution in [-0.2, 0) is 13.0 Å². The standard InChI is InChI=1S/C17H19N3O2/c21-17(15-11-12-5-3-9-20(12)19-15)18-14-7-4-10-22-16-8-2-1-6-13(14)16/h1-2,6,8,11,14H,3-5,7,9-10H2,(H,18,21). The van der Waals surface area contributed by atoms with Gasteiger partial charge < -0.3 is 10.1 Å². The van der Waals surface area contributed by atoms with E-state index in [-0.39, 0.29) is 11.9 Å². The number of aryl methyl sites for hydroxylation is 2. The van der Waals surface area contributed by atoms with E-state index in [1.54, 1.807) is 0 Å². The molecule has 1 aromatic heterocycles. The molecule has 114 valence electrons. The highest BCUT2D eigenvalue weighted by Gasteiger charge is 2.24. The minimum Gasteiger partial charge on any atom is -0.493 e. The second-order valence-electron chi connectivity index (χ2n) is 5.90. The highest BCUT2D eigenvalue weighted by Crippen LogP contribution is 2.31. The van der Waals surface area contributed by atoms with Crippen molar-refractivity contribution in [2.75, 3.05) is 6.61 Å². The van der Waals surface area contributed by atoms with Crippen molar-refractivity contribution in [2.45, 2.75) is 38.3 Å². The molecular formula is C17H19N3O2. The van der Waals surface area contributed by atoms with E-state index >= 15 is 0 Å². The van der Waals surface area contributed by atoms with Gasteiger partial charge in [-0.3, -0.25) is 9.48 Å². The third-order valence-corrected chi connectivity index (χ3v) is 4.39. The van der Waals surface area contributed by atoms with Gasteiger partial charge in [0, 0.05) is 17.8 Å². The molecule has 5 nitrogen and oxygen atoms in total. The van der Waals surface area contributed by atoms with Gasteiger partial charge in [-0.15, -0.1) is 0 Å². The Bertz CT molecular complexity index is 686. The van der Waals surface area contributed by atoms with Gasteiger partial charge in [-0.25, -0.2) is 0 Å². The van der Waals surface area contributed by atoms with E-state index in [1.165, 1.54) is 0 Å². The third kappa shape index (κ3) is 2.36. The average Bonchev–Trinajstić information content (AvgIpc) is 3.06. The summed E-state index contributed by atoms with van der Waals surface area (Å²) < 4.78 is 7.69. The van der Waals surface area contributed by atoms with E-state index in [9.17, 15) is 4.79 Å². The number of hydrogen-bond acceptors (Lipinski definition) is 3. The van der Waals surface area contributed by atoms with E-state index in [2.05, 4.69) is 10.4 Å². The monoisotopic (exact) mass is 297 g/mol. The summed E-state index contributed by atoms with van der Waals surface area (Å²) >= 11 is 0. The molecule has 3 heterocycles. The second-order valence-corrected chi connectivity index (χ2v) is 5.90. The molecule has 0 spiro atoms. The zero-order valence-corrected chi connectivity index (χ0v) is 12.4. The van der Waals surface area contributed by atoms with Crippen molar-refractivity contribution >= 4 is 5.91 Å². The van der Waals surface area contributed by atoms with E-state index in [1.807, 2.05) is 35.0 Å². The molecule has 1 N–H and O–H groups in total. The smallest absolute Gasteiger partial charge is 0.272 e. The quantitative estimate of drug-likeness (QED) is 0.926. The maximum absolute atomic E-state index is 12.5. The molecule has 22 heavy (non-hydrogen) atoms. The van der Waals surface area contributed by atoms with Gasteiger partial charge in [-0.1, -0.05) is 18.2 Å². The summed E-state index contributed by atoms with van der Waals surface area (Å²) in [6.45, 7) is 1.62. The van der Waals surface area contributed by atoms with Crippen molar-refractivity contribution in [3.05, 3.63) is 47.3 Å². The molecule has 5 heteroatoms. The van der Waals surface area contributed by atoms with Gasteiger partial charge in [0.2, 0.25) is 0 Å². The van der Waals surface area contributed by atoms with Gasteiger partial charge >= 0.3 is 0 Å². The van der Waals surface area contributed by atoms with Crippen LogP contribution < -0.4 is 10.1 Å². The molecule has 1 amide bonds. The Balaban J connectivity index is 1.56. The van der Waals surface area contributed by atoms with Crippen molar-refractivity contribution in [1.29, 1.82) is 0 Å². The van der Waals surface area contributed by atoms with Crippen LogP contribution in [0.2, 0.25) is 0 Å². The Morgan fingerprint density at radius 1 is 1.32 bits per heavy atom. The molecule has 0 saturated carbocycles. The van der Waals surface area contributed by atoms with Crippen LogP contribution in [0.5, 0.6) is 5.75 Å². The van der Waals surface area contributed by atoms with Crippen molar-refractivity contribution < 1.29 is 9.53 Å². The lowest BCUT2D eigenvalue weighted by atomic mass is 10.0. The molecule has 1 aromatic carbocycles. The number of carbonyl (C=O) groups is 1. The lowest BCUT2D eigenvalue weighted by molar-refractivity contribution is 0.0928. The van der Waals surface area contributed by atoms with Crippen LogP contribution in [0.1, 0.15) is 47.1 Å². The molecular weight excluding hydrogens is 278 g/mol. The number of amides is 1. The number of nitrogens with zero attached hydrogens (tertiary/aromatic N) is 2. The lowest BCUT2D eigenvalue weighted by Gasteiger charge is -2.17. The fraction of sp³-hybridized carbons (Fsp3) is 0.412. The van der Waals surface area contributed by atoms with Crippen molar-refractivity contribution in [1.82, 2.24) is 15.1 Å². The van der Waals surface area contributed by atoms with E-state index in [4.69, 9.17) is 4.74 Å². The number of fused-ring (bicyclic) bond motifs is 2. The normalized spacial score (nSPS) is 19.7. The number of benzene rings is 1. The Kier molecular flexibility index (Phi) is 3.33. The first-order valence-electron chi connectivity index (χ1n) is 7.90. The number of carbonyl (C=O) groups excluding carboxylic acids is 1. The van der Waals surface area contributed by atoms with Crippen LogP contribution in [0.15, 0.2) is 30.3 Å². The number of aromatic nitrogens is 2. The van der Waals surface area contributed by atoms with Crippen LogP contribution in [-0.4, -0.2) is 22.3 Å². The number of ether oxygens (including phenoxy) is 1.